The first-order valence-electron chi connectivity index (χ1n) is 7.15. The number of carbonyl (C=O) groups is 1. The molecule has 3 rings (SSSR count). The molecule has 1 aromatic heterocycles. The Bertz CT molecular complexity index is 912. The number of hydrogen-bond donors (Lipinski definition) is 0. The van der Waals surface area contributed by atoms with Crippen LogP contribution in [0.25, 0.3) is 16.1 Å². The summed E-state index contributed by atoms with van der Waals surface area (Å²) in [6, 6.07) is 16.5. The van der Waals surface area contributed by atoms with E-state index in [2.05, 4.69) is 15.1 Å². The third-order valence-corrected chi connectivity index (χ3v) is 3.77. The molecule has 1 heterocycles. The molecule has 0 aliphatic heterocycles. The van der Waals surface area contributed by atoms with Crippen LogP contribution in [0.5, 0.6) is 0 Å². The largest absolute Gasteiger partial charge is 0.298 e. The smallest absolute Gasteiger partial charge is 0.154 e. The van der Waals surface area contributed by atoms with Gasteiger partial charge in [-0.15, -0.1) is 0 Å². The van der Waals surface area contributed by atoms with Gasteiger partial charge in [0.15, 0.2) is 6.29 Å². The fraction of sp³-hybridized carbons (Fsp3) is 0.0588. The van der Waals surface area contributed by atoms with Crippen molar-refractivity contribution in [3.05, 3.63) is 86.9 Å². The number of hydrogen-bond acceptors (Lipinski definition) is 3. The maximum atomic E-state index is 11.6. The number of nitrogens with zero attached hydrogens (tertiary/aromatic N) is 5. The molecule has 0 spiro atoms. The van der Waals surface area contributed by atoms with E-state index >= 15 is 0 Å². The summed E-state index contributed by atoms with van der Waals surface area (Å²) in [5.41, 5.74) is 11.3. The molecule has 0 N–H and O–H groups in total. The Balaban J connectivity index is 2.13. The lowest BCUT2D eigenvalue weighted by atomic mass is 10.1. The van der Waals surface area contributed by atoms with E-state index in [0.29, 0.717) is 29.1 Å². The highest BCUT2D eigenvalue weighted by atomic mass is 35.5. The van der Waals surface area contributed by atoms with Gasteiger partial charge < -0.3 is 0 Å². The van der Waals surface area contributed by atoms with E-state index in [1.165, 1.54) is 4.68 Å². The summed E-state index contributed by atoms with van der Waals surface area (Å²) in [7, 11) is 0. The summed E-state index contributed by atoms with van der Waals surface area (Å²) in [6.07, 6.45) is 1.13. The lowest BCUT2D eigenvalue weighted by Gasteiger charge is -2.03. The van der Waals surface area contributed by atoms with Crippen LogP contribution in [-0.2, 0) is 6.42 Å². The lowest BCUT2D eigenvalue weighted by molar-refractivity contribution is 0.112. The Labute approximate surface area is 142 Å². The molecule has 0 saturated carbocycles. The minimum atomic E-state index is 0.167. The molecule has 0 amide bonds. The normalized spacial score (nSPS) is 10.2. The first-order valence-corrected chi connectivity index (χ1v) is 7.52. The van der Waals surface area contributed by atoms with Crippen LogP contribution < -0.4 is 0 Å². The number of halogens is 1. The predicted molar refractivity (Wildman–Crippen MR) is 92.0 cm³/mol. The Morgan fingerprint density at radius 3 is 2.50 bits per heavy atom. The number of carbonyl (C=O) groups excluding carboxylic acids is 1. The van der Waals surface area contributed by atoms with Gasteiger partial charge in [0.05, 0.1) is 16.9 Å². The van der Waals surface area contributed by atoms with E-state index in [1.54, 1.807) is 24.3 Å². The Morgan fingerprint density at radius 1 is 1.17 bits per heavy atom. The van der Waals surface area contributed by atoms with Crippen LogP contribution in [0.2, 0.25) is 5.02 Å². The number of aldehydes is 1. The fourth-order valence-electron chi connectivity index (χ4n) is 2.41. The van der Waals surface area contributed by atoms with Gasteiger partial charge >= 0.3 is 0 Å². The quantitative estimate of drug-likeness (QED) is 0.288. The van der Waals surface area contributed by atoms with E-state index in [4.69, 9.17) is 17.1 Å². The Morgan fingerprint density at radius 2 is 1.88 bits per heavy atom. The van der Waals surface area contributed by atoms with Gasteiger partial charge in [-0.25, -0.2) is 4.68 Å². The van der Waals surface area contributed by atoms with Gasteiger partial charge in [0.2, 0.25) is 0 Å². The minimum Gasteiger partial charge on any atom is -0.298 e. The molecule has 0 atom stereocenters. The number of aromatic nitrogens is 2. The van der Waals surface area contributed by atoms with Crippen LogP contribution in [0.15, 0.2) is 59.7 Å². The molecule has 7 heteroatoms. The van der Waals surface area contributed by atoms with Crippen molar-refractivity contribution >= 4 is 23.7 Å². The van der Waals surface area contributed by atoms with Gasteiger partial charge in [0.25, 0.3) is 0 Å². The second-order valence-electron chi connectivity index (χ2n) is 5.04. The molecule has 0 aliphatic carbocycles. The average molecular weight is 338 g/mol. The standard InChI is InChI=1S/C17H12ClN5O/c18-13-6-8-14(9-7-13)23-17(20-22-19)15(11-24)16(21-23)10-12-4-2-1-3-5-12/h1-9,11H,10H2. The fourth-order valence-corrected chi connectivity index (χ4v) is 2.53. The third kappa shape index (κ3) is 3.15. The zero-order valence-corrected chi connectivity index (χ0v) is 13.3. The van der Waals surface area contributed by atoms with Crippen LogP contribution in [0.3, 0.4) is 0 Å². The average Bonchev–Trinajstić information content (AvgIpc) is 2.94. The molecule has 24 heavy (non-hydrogen) atoms. The van der Waals surface area contributed by atoms with Crippen LogP contribution in [0, 0.1) is 0 Å². The molecule has 118 valence electrons. The molecule has 0 bridgehead atoms. The number of azide groups is 1. The number of benzene rings is 2. The highest BCUT2D eigenvalue weighted by Gasteiger charge is 2.17. The van der Waals surface area contributed by atoms with Crippen molar-refractivity contribution in [2.45, 2.75) is 6.42 Å². The van der Waals surface area contributed by atoms with Gasteiger partial charge in [-0.1, -0.05) is 41.9 Å². The second kappa shape index (κ2) is 7.00. The molecule has 6 nitrogen and oxygen atoms in total. The summed E-state index contributed by atoms with van der Waals surface area (Å²) in [5.74, 6) is 0.167. The molecule has 3 aromatic rings. The van der Waals surface area contributed by atoms with Crippen LogP contribution in [0.1, 0.15) is 21.6 Å². The van der Waals surface area contributed by atoms with Crippen LogP contribution >= 0.6 is 11.6 Å². The maximum absolute atomic E-state index is 11.6. The van der Waals surface area contributed by atoms with Gasteiger partial charge in [-0.05, 0) is 40.5 Å². The lowest BCUT2D eigenvalue weighted by Crippen LogP contribution is -1.97. The van der Waals surface area contributed by atoms with E-state index in [1.807, 2.05) is 30.3 Å². The molecule has 0 fully saturated rings. The molecular weight excluding hydrogens is 326 g/mol. The van der Waals surface area contributed by atoms with Crippen LogP contribution in [-0.4, -0.2) is 16.1 Å². The maximum Gasteiger partial charge on any atom is 0.154 e. The molecule has 2 aromatic carbocycles. The Hall–Kier alpha value is -3.08. The molecule has 0 unspecified atom stereocenters. The van der Waals surface area contributed by atoms with Crippen molar-refractivity contribution in [3.63, 3.8) is 0 Å². The molecule has 0 saturated heterocycles. The van der Waals surface area contributed by atoms with E-state index in [9.17, 15) is 4.79 Å². The van der Waals surface area contributed by atoms with Crippen molar-refractivity contribution in [2.75, 3.05) is 0 Å². The van der Waals surface area contributed by atoms with E-state index in [-0.39, 0.29) is 11.4 Å². The monoisotopic (exact) mass is 337 g/mol. The summed E-state index contributed by atoms with van der Waals surface area (Å²) >= 11 is 5.90. The van der Waals surface area contributed by atoms with Gasteiger partial charge in [0.1, 0.15) is 5.82 Å². The first kappa shape index (κ1) is 15.8. The SMILES string of the molecule is [N-]=[N+]=Nc1c(C=O)c(Cc2ccccc2)nn1-c1ccc(Cl)cc1. The number of rotatable bonds is 5. The van der Waals surface area contributed by atoms with Crippen molar-refractivity contribution in [1.29, 1.82) is 0 Å². The van der Waals surface area contributed by atoms with Crippen LogP contribution in [0.4, 0.5) is 5.82 Å². The van der Waals surface area contributed by atoms with Crippen molar-refractivity contribution in [1.82, 2.24) is 9.78 Å². The topological polar surface area (TPSA) is 83.7 Å². The van der Waals surface area contributed by atoms with Crippen molar-refractivity contribution < 1.29 is 4.79 Å². The second-order valence-corrected chi connectivity index (χ2v) is 5.48. The Kier molecular flexibility index (Phi) is 4.61. The highest BCUT2D eigenvalue weighted by molar-refractivity contribution is 6.30. The molecule has 0 radical (unpaired) electrons. The van der Waals surface area contributed by atoms with Gasteiger partial charge in [-0.3, -0.25) is 4.79 Å². The van der Waals surface area contributed by atoms with E-state index < -0.39 is 0 Å². The van der Waals surface area contributed by atoms with Gasteiger partial charge in [-0.2, -0.15) is 5.10 Å². The predicted octanol–water partition coefficient (Wildman–Crippen LogP) is 4.87. The summed E-state index contributed by atoms with van der Waals surface area (Å²) in [4.78, 5) is 14.4. The summed E-state index contributed by atoms with van der Waals surface area (Å²) < 4.78 is 1.46. The van der Waals surface area contributed by atoms with Crippen molar-refractivity contribution in [3.8, 4) is 5.69 Å². The summed E-state index contributed by atoms with van der Waals surface area (Å²) in [5, 5.41) is 8.71. The third-order valence-electron chi connectivity index (χ3n) is 3.52. The molecule has 0 aliphatic rings. The van der Waals surface area contributed by atoms with Gasteiger partial charge in [0, 0.05) is 16.4 Å². The first-order chi connectivity index (χ1) is 11.7. The summed E-state index contributed by atoms with van der Waals surface area (Å²) in [6.45, 7) is 0. The zero-order chi connectivity index (χ0) is 16.9. The van der Waals surface area contributed by atoms with Crippen molar-refractivity contribution in [2.24, 2.45) is 5.11 Å². The molecular formula is C17H12ClN5O. The zero-order valence-electron chi connectivity index (χ0n) is 12.5. The van der Waals surface area contributed by atoms with E-state index in [0.717, 1.165) is 5.56 Å². The highest BCUT2D eigenvalue weighted by Crippen LogP contribution is 2.27. The minimum absolute atomic E-state index is 0.167.